The van der Waals surface area contributed by atoms with Crippen molar-refractivity contribution in [2.75, 3.05) is 45.8 Å². The maximum absolute atomic E-state index is 12.7. The van der Waals surface area contributed by atoms with Crippen LogP contribution in [0.3, 0.4) is 0 Å². The largest absolute Gasteiger partial charge is 0.342 e. The van der Waals surface area contributed by atoms with Crippen molar-refractivity contribution in [3.8, 4) is 0 Å². The smallest absolute Gasteiger partial charge is 0.225 e. The summed E-state index contributed by atoms with van der Waals surface area (Å²) < 4.78 is 0. The predicted molar refractivity (Wildman–Crippen MR) is 92.1 cm³/mol. The van der Waals surface area contributed by atoms with Crippen molar-refractivity contribution in [1.82, 2.24) is 14.7 Å². The van der Waals surface area contributed by atoms with E-state index in [0.29, 0.717) is 5.91 Å². The molecule has 2 aliphatic rings. The number of hydrogen-bond donors (Lipinski definition) is 0. The van der Waals surface area contributed by atoms with Gasteiger partial charge < -0.3 is 14.7 Å². The lowest BCUT2D eigenvalue weighted by Crippen LogP contribution is -2.52. The maximum Gasteiger partial charge on any atom is 0.225 e. The number of likely N-dealkylation sites (tertiary alicyclic amines) is 1. The Morgan fingerprint density at radius 1 is 0.870 bits per heavy atom. The Morgan fingerprint density at radius 2 is 1.43 bits per heavy atom. The molecule has 23 heavy (non-hydrogen) atoms. The molecule has 2 saturated heterocycles. The summed E-state index contributed by atoms with van der Waals surface area (Å²) in [4.78, 5) is 31.5. The van der Waals surface area contributed by atoms with Crippen molar-refractivity contribution in [3.05, 3.63) is 0 Å². The van der Waals surface area contributed by atoms with E-state index in [0.717, 1.165) is 71.5 Å². The lowest BCUT2D eigenvalue weighted by molar-refractivity contribution is -0.143. The molecule has 5 nitrogen and oxygen atoms in total. The molecule has 0 aromatic heterocycles. The molecule has 2 rings (SSSR count). The molecule has 2 heterocycles. The van der Waals surface area contributed by atoms with Crippen LogP contribution in [-0.4, -0.2) is 72.3 Å². The van der Waals surface area contributed by atoms with Crippen LogP contribution in [0.15, 0.2) is 0 Å². The van der Waals surface area contributed by atoms with Gasteiger partial charge in [-0.05, 0) is 32.2 Å². The summed E-state index contributed by atoms with van der Waals surface area (Å²) in [5.41, 5.74) is 0. The molecule has 0 radical (unpaired) electrons. The van der Waals surface area contributed by atoms with Crippen molar-refractivity contribution < 1.29 is 9.59 Å². The van der Waals surface area contributed by atoms with Crippen molar-refractivity contribution in [2.24, 2.45) is 11.8 Å². The number of carbonyl (C=O) groups excluding carboxylic acids is 2. The van der Waals surface area contributed by atoms with E-state index < -0.39 is 0 Å². The molecule has 0 unspecified atom stereocenters. The van der Waals surface area contributed by atoms with Crippen molar-refractivity contribution in [3.63, 3.8) is 0 Å². The zero-order valence-corrected chi connectivity index (χ0v) is 15.1. The summed E-state index contributed by atoms with van der Waals surface area (Å²) in [7, 11) is 0. The van der Waals surface area contributed by atoms with E-state index in [1.54, 1.807) is 0 Å². The molecule has 0 saturated carbocycles. The van der Waals surface area contributed by atoms with Crippen molar-refractivity contribution in [1.29, 1.82) is 0 Å². The van der Waals surface area contributed by atoms with Crippen LogP contribution in [0.1, 0.15) is 46.5 Å². The van der Waals surface area contributed by atoms with Crippen LogP contribution < -0.4 is 0 Å². The fourth-order valence-corrected chi connectivity index (χ4v) is 3.79. The highest BCUT2D eigenvalue weighted by Crippen LogP contribution is 2.23. The Kier molecular flexibility index (Phi) is 6.88. The number of amides is 2. The number of piperazine rings is 1. The Labute approximate surface area is 141 Å². The van der Waals surface area contributed by atoms with Gasteiger partial charge in [0.2, 0.25) is 11.8 Å². The number of piperidine rings is 1. The highest BCUT2D eigenvalue weighted by atomic mass is 16.2. The molecular weight excluding hydrogens is 290 g/mol. The van der Waals surface area contributed by atoms with E-state index in [1.807, 2.05) is 9.80 Å². The molecule has 132 valence electrons. The predicted octanol–water partition coefficient (Wildman–Crippen LogP) is 1.83. The first-order valence-corrected chi connectivity index (χ1v) is 9.40. The SMILES string of the molecule is CCC(CC)C(=O)N1CCC(C(=O)N2CCN(CC)CC2)CC1. The Bertz CT molecular complexity index is 393. The van der Waals surface area contributed by atoms with Crippen LogP contribution in [-0.2, 0) is 9.59 Å². The van der Waals surface area contributed by atoms with Gasteiger partial charge in [0, 0.05) is 51.1 Å². The van der Waals surface area contributed by atoms with Crippen LogP contribution in [0.25, 0.3) is 0 Å². The third-order valence-corrected chi connectivity index (χ3v) is 5.62. The number of hydrogen-bond acceptors (Lipinski definition) is 3. The minimum absolute atomic E-state index is 0.119. The minimum Gasteiger partial charge on any atom is -0.342 e. The third-order valence-electron chi connectivity index (χ3n) is 5.62. The van der Waals surface area contributed by atoms with Crippen molar-refractivity contribution >= 4 is 11.8 Å². The zero-order chi connectivity index (χ0) is 16.8. The minimum atomic E-state index is 0.119. The summed E-state index contributed by atoms with van der Waals surface area (Å²) in [5, 5.41) is 0. The van der Waals surface area contributed by atoms with Gasteiger partial charge in [0.25, 0.3) is 0 Å². The van der Waals surface area contributed by atoms with Crippen LogP contribution in [0, 0.1) is 11.8 Å². The van der Waals surface area contributed by atoms with E-state index >= 15 is 0 Å². The van der Waals surface area contributed by atoms with Gasteiger partial charge in [-0.1, -0.05) is 20.8 Å². The molecule has 0 aromatic rings. The first-order valence-electron chi connectivity index (χ1n) is 9.40. The highest BCUT2D eigenvalue weighted by molar-refractivity contribution is 5.81. The summed E-state index contributed by atoms with van der Waals surface area (Å²) in [6, 6.07) is 0. The van der Waals surface area contributed by atoms with Gasteiger partial charge in [0.05, 0.1) is 0 Å². The second-order valence-electron chi connectivity index (χ2n) is 6.87. The van der Waals surface area contributed by atoms with Crippen LogP contribution in [0.2, 0.25) is 0 Å². The zero-order valence-electron chi connectivity index (χ0n) is 15.1. The molecule has 0 aromatic carbocycles. The molecule has 5 heteroatoms. The van der Waals surface area contributed by atoms with Gasteiger partial charge in [0.1, 0.15) is 0 Å². The number of rotatable bonds is 5. The molecule has 0 aliphatic carbocycles. The van der Waals surface area contributed by atoms with Gasteiger partial charge in [-0.25, -0.2) is 0 Å². The van der Waals surface area contributed by atoms with Crippen LogP contribution in [0.5, 0.6) is 0 Å². The Balaban J connectivity index is 1.80. The average Bonchev–Trinajstić information content (AvgIpc) is 2.62. The summed E-state index contributed by atoms with van der Waals surface area (Å²) >= 11 is 0. The van der Waals surface area contributed by atoms with Gasteiger partial charge in [-0.2, -0.15) is 0 Å². The van der Waals surface area contributed by atoms with Crippen LogP contribution >= 0.6 is 0 Å². The molecule has 2 aliphatic heterocycles. The summed E-state index contributed by atoms with van der Waals surface area (Å²) in [6.07, 6.45) is 3.49. The van der Waals surface area contributed by atoms with Gasteiger partial charge in [-0.3, -0.25) is 9.59 Å². The van der Waals surface area contributed by atoms with E-state index in [1.165, 1.54) is 0 Å². The number of carbonyl (C=O) groups is 2. The normalized spacial score (nSPS) is 21.0. The Morgan fingerprint density at radius 3 is 1.91 bits per heavy atom. The average molecular weight is 323 g/mol. The topological polar surface area (TPSA) is 43.9 Å². The van der Waals surface area contributed by atoms with E-state index in [2.05, 4.69) is 25.7 Å². The van der Waals surface area contributed by atoms with Gasteiger partial charge in [-0.15, -0.1) is 0 Å². The van der Waals surface area contributed by atoms with Crippen molar-refractivity contribution in [2.45, 2.75) is 46.5 Å². The van der Waals surface area contributed by atoms with Crippen LogP contribution in [0.4, 0.5) is 0 Å². The molecule has 2 amide bonds. The molecule has 0 bridgehead atoms. The monoisotopic (exact) mass is 323 g/mol. The lowest BCUT2D eigenvalue weighted by atomic mass is 9.93. The van der Waals surface area contributed by atoms with Gasteiger partial charge >= 0.3 is 0 Å². The number of likely N-dealkylation sites (N-methyl/N-ethyl adjacent to an activating group) is 1. The molecular formula is C18H33N3O2. The highest BCUT2D eigenvalue weighted by Gasteiger charge is 2.32. The van der Waals surface area contributed by atoms with E-state index in [-0.39, 0.29) is 17.7 Å². The second-order valence-corrected chi connectivity index (χ2v) is 6.87. The van der Waals surface area contributed by atoms with Gasteiger partial charge in [0.15, 0.2) is 0 Å². The first-order chi connectivity index (χ1) is 11.1. The summed E-state index contributed by atoms with van der Waals surface area (Å²) in [6.45, 7) is 12.6. The quantitative estimate of drug-likeness (QED) is 0.775. The van der Waals surface area contributed by atoms with E-state index in [4.69, 9.17) is 0 Å². The Hall–Kier alpha value is -1.10. The standard InChI is InChI=1S/C18H33N3O2/c1-4-15(5-2)17(22)20-9-7-16(8-10-20)18(23)21-13-11-19(6-3)12-14-21/h15-16H,4-14H2,1-3H3. The maximum atomic E-state index is 12.7. The second kappa shape index (κ2) is 8.67. The summed E-state index contributed by atoms with van der Waals surface area (Å²) in [5.74, 6) is 0.881. The molecule has 0 N–H and O–H groups in total. The molecule has 0 spiro atoms. The first kappa shape index (κ1) is 18.2. The third kappa shape index (κ3) is 4.46. The fraction of sp³-hybridized carbons (Fsp3) is 0.889. The molecule has 2 fully saturated rings. The lowest BCUT2D eigenvalue weighted by Gasteiger charge is -2.38. The molecule has 0 atom stereocenters. The van der Waals surface area contributed by atoms with E-state index in [9.17, 15) is 9.59 Å². The number of nitrogens with zero attached hydrogens (tertiary/aromatic N) is 3. The fourth-order valence-electron chi connectivity index (χ4n) is 3.79.